The molecule has 2 amide bonds. The Balaban J connectivity index is 2.07. The zero-order valence-electron chi connectivity index (χ0n) is 20.9. The molecule has 1 atom stereocenters. The third kappa shape index (κ3) is 8.11. The van der Waals surface area contributed by atoms with E-state index in [-0.39, 0.29) is 34.6 Å². The third-order valence-corrected chi connectivity index (χ3v) is 7.64. The molecule has 0 spiro atoms. The summed E-state index contributed by atoms with van der Waals surface area (Å²) in [4.78, 5) is 28.6. The summed E-state index contributed by atoms with van der Waals surface area (Å²) in [7, 11) is -3.96. The number of sulfonamides is 1. The highest BCUT2D eigenvalue weighted by Gasteiger charge is 2.33. The first kappa shape index (κ1) is 29.8. The van der Waals surface area contributed by atoms with Gasteiger partial charge in [0.15, 0.2) is 0 Å². The lowest BCUT2D eigenvalue weighted by molar-refractivity contribution is -0.140. The Labute approximate surface area is 238 Å². The van der Waals surface area contributed by atoms with Crippen LogP contribution in [0.5, 0.6) is 0 Å². The van der Waals surface area contributed by atoms with E-state index in [2.05, 4.69) is 5.32 Å². The van der Waals surface area contributed by atoms with Crippen LogP contribution < -0.4 is 9.62 Å². The van der Waals surface area contributed by atoms with Gasteiger partial charge in [0.05, 0.1) is 17.0 Å². The van der Waals surface area contributed by atoms with Gasteiger partial charge in [-0.2, -0.15) is 0 Å². The quantitative estimate of drug-likeness (QED) is 0.330. The maximum Gasteiger partial charge on any atom is 0.244 e. The molecule has 1 unspecified atom stereocenters. The van der Waals surface area contributed by atoms with Crippen molar-refractivity contribution >= 4 is 62.3 Å². The van der Waals surface area contributed by atoms with Crippen molar-refractivity contribution < 1.29 is 18.0 Å². The Hall–Kier alpha value is -2.78. The second-order valence-corrected chi connectivity index (χ2v) is 11.8. The largest absolute Gasteiger partial charge is 0.355 e. The highest BCUT2D eigenvalue weighted by Crippen LogP contribution is 2.31. The van der Waals surface area contributed by atoms with Gasteiger partial charge in [0.25, 0.3) is 0 Å². The van der Waals surface area contributed by atoms with Crippen molar-refractivity contribution in [2.45, 2.75) is 25.9 Å². The predicted octanol–water partition coefficient (Wildman–Crippen LogP) is 5.19. The second-order valence-electron chi connectivity index (χ2n) is 8.62. The molecule has 0 aromatic heterocycles. The molecule has 0 aliphatic heterocycles. The minimum atomic E-state index is -3.96. The van der Waals surface area contributed by atoms with Gasteiger partial charge in [-0.05, 0) is 48.4 Å². The highest BCUT2D eigenvalue weighted by atomic mass is 35.5. The summed E-state index contributed by atoms with van der Waals surface area (Å²) in [6, 6.07) is 19.6. The van der Waals surface area contributed by atoms with Crippen LogP contribution in [0.25, 0.3) is 0 Å². The van der Waals surface area contributed by atoms with Gasteiger partial charge in [0.1, 0.15) is 12.6 Å². The number of halogens is 3. The topological polar surface area (TPSA) is 86.8 Å². The number of hydrogen-bond donors (Lipinski definition) is 1. The summed E-state index contributed by atoms with van der Waals surface area (Å²) in [5.74, 6) is -0.961. The van der Waals surface area contributed by atoms with Crippen LogP contribution in [0.4, 0.5) is 5.69 Å². The smallest absolute Gasteiger partial charge is 0.244 e. The van der Waals surface area contributed by atoms with Gasteiger partial charge in [0.2, 0.25) is 21.8 Å². The van der Waals surface area contributed by atoms with E-state index in [0.717, 1.165) is 16.1 Å². The molecular formula is C27H28Cl3N3O4S. The van der Waals surface area contributed by atoms with Crippen LogP contribution in [0.3, 0.4) is 0 Å². The average Bonchev–Trinajstić information content (AvgIpc) is 2.86. The highest BCUT2D eigenvalue weighted by molar-refractivity contribution is 7.92. The van der Waals surface area contributed by atoms with Crippen LogP contribution in [0.1, 0.15) is 18.1 Å². The summed E-state index contributed by atoms with van der Waals surface area (Å²) in [5.41, 5.74) is 1.58. The van der Waals surface area contributed by atoms with Gasteiger partial charge in [-0.15, -0.1) is 0 Å². The van der Waals surface area contributed by atoms with E-state index >= 15 is 0 Å². The number of rotatable bonds is 11. The van der Waals surface area contributed by atoms with Crippen molar-refractivity contribution in [1.29, 1.82) is 0 Å². The van der Waals surface area contributed by atoms with Crippen LogP contribution >= 0.6 is 34.8 Å². The molecule has 0 fully saturated rings. The van der Waals surface area contributed by atoms with Gasteiger partial charge in [-0.1, -0.05) is 77.3 Å². The Bertz CT molecular complexity index is 1390. The maximum atomic E-state index is 13.9. The molecule has 0 saturated carbocycles. The number of nitrogens with zero attached hydrogens (tertiary/aromatic N) is 2. The first-order valence-electron chi connectivity index (χ1n) is 11.8. The predicted molar refractivity (Wildman–Crippen MR) is 153 cm³/mol. The van der Waals surface area contributed by atoms with Gasteiger partial charge in [-0.25, -0.2) is 8.42 Å². The molecule has 3 rings (SSSR count). The Morgan fingerprint density at radius 2 is 1.55 bits per heavy atom. The Morgan fingerprint density at radius 3 is 2.18 bits per heavy atom. The van der Waals surface area contributed by atoms with Crippen molar-refractivity contribution in [3.8, 4) is 0 Å². The summed E-state index contributed by atoms with van der Waals surface area (Å²) >= 11 is 18.6. The average molecular weight is 597 g/mol. The van der Waals surface area contributed by atoms with E-state index < -0.39 is 28.5 Å². The van der Waals surface area contributed by atoms with Crippen molar-refractivity contribution in [2.75, 3.05) is 23.7 Å². The number of benzene rings is 3. The fraction of sp³-hybridized carbons (Fsp3) is 0.259. The van der Waals surface area contributed by atoms with Gasteiger partial charge in [0, 0.05) is 29.6 Å². The Kier molecular flexibility index (Phi) is 10.4. The molecule has 7 nitrogen and oxygen atoms in total. The lowest BCUT2D eigenvalue weighted by atomic mass is 10.0. The van der Waals surface area contributed by atoms with E-state index in [1.807, 2.05) is 30.3 Å². The Morgan fingerprint density at radius 1 is 0.895 bits per heavy atom. The molecule has 0 bridgehead atoms. The molecule has 3 aromatic carbocycles. The molecule has 0 saturated heterocycles. The molecule has 0 radical (unpaired) electrons. The molecule has 38 heavy (non-hydrogen) atoms. The number of carbonyl (C=O) groups excluding carboxylic acids is 2. The number of amides is 2. The molecule has 0 aliphatic rings. The molecule has 0 aliphatic carbocycles. The molecule has 3 aromatic rings. The van der Waals surface area contributed by atoms with E-state index in [1.165, 1.54) is 23.1 Å². The van der Waals surface area contributed by atoms with Crippen LogP contribution in [0.15, 0.2) is 72.8 Å². The maximum absolute atomic E-state index is 13.9. The number of nitrogens with one attached hydrogen (secondary N) is 1. The SMILES string of the molecule is CCNC(=O)C(Cc1ccccc1)N(Cc1cccc(Cl)c1)C(=O)CN(c1cc(Cl)ccc1Cl)S(C)(=O)=O. The standard InChI is InChI=1S/C27H28Cl3N3O4S/c1-3-31-27(35)25(15-19-8-5-4-6-9-19)32(17-20-10-7-11-21(28)14-20)26(34)18-33(38(2,36)37)24-16-22(29)12-13-23(24)30/h4-14,16,25H,3,15,17-18H2,1-2H3,(H,31,35). The first-order chi connectivity index (χ1) is 18.0. The van der Waals surface area contributed by atoms with Crippen molar-refractivity contribution in [2.24, 2.45) is 0 Å². The van der Waals surface area contributed by atoms with Crippen LogP contribution in [0.2, 0.25) is 15.1 Å². The van der Waals surface area contributed by atoms with E-state index in [9.17, 15) is 18.0 Å². The monoisotopic (exact) mass is 595 g/mol. The van der Waals surface area contributed by atoms with Gasteiger partial charge >= 0.3 is 0 Å². The van der Waals surface area contributed by atoms with E-state index in [0.29, 0.717) is 17.1 Å². The molecule has 1 N–H and O–H groups in total. The van der Waals surface area contributed by atoms with Crippen molar-refractivity contribution in [1.82, 2.24) is 10.2 Å². The molecule has 202 valence electrons. The lowest BCUT2D eigenvalue weighted by Gasteiger charge is -2.33. The number of carbonyl (C=O) groups is 2. The number of likely N-dealkylation sites (N-methyl/N-ethyl adjacent to an activating group) is 1. The van der Waals surface area contributed by atoms with Gasteiger partial charge < -0.3 is 10.2 Å². The minimum absolute atomic E-state index is 0.0227. The minimum Gasteiger partial charge on any atom is -0.355 e. The van der Waals surface area contributed by atoms with Crippen LogP contribution in [-0.4, -0.2) is 50.5 Å². The number of anilines is 1. The zero-order chi connectivity index (χ0) is 27.9. The first-order valence-corrected chi connectivity index (χ1v) is 14.8. The summed E-state index contributed by atoms with van der Waals surface area (Å²) in [6.45, 7) is 1.57. The molecular weight excluding hydrogens is 569 g/mol. The summed E-state index contributed by atoms with van der Waals surface area (Å²) in [5, 5.41) is 3.63. The number of hydrogen-bond acceptors (Lipinski definition) is 4. The van der Waals surface area contributed by atoms with Crippen molar-refractivity contribution in [3.63, 3.8) is 0 Å². The van der Waals surface area contributed by atoms with E-state index in [1.54, 1.807) is 31.2 Å². The summed E-state index contributed by atoms with van der Waals surface area (Å²) < 4.78 is 26.5. The van der Waals surface area contributed by atoms with Crippen molar-refractivity contribution in [3.05, 3.63) is 99.0 Å². The zero-order valence-corrected chi connectivity index (χ0v) is 24.0. The normalized spacial score (nSPS) is 12.0. The lowest BCUT2D eigenvalue weighted by Crippen LogP contribution is -2.53. The third-order valence-electron chi connectivity index (χ3n) is 5.72. The molecule has 11 heteroatoms. The fourth-order valence-electron chi connectivity index (χ4n) is 3.95. The van der Waals surface area contributed by atoms with Gasteiger partial charge in [-0.3, -0.25) is 13.9 Å². The second kappa shape index (κ2) is 13.3. The fourth-order valence-corrected chi connectivity index (χ4v) is 5.45. The summed E-state index contributed by atoms with van der Waals surface area (Å²) in [6.07, 6.45) is 1.19. The van der Waals surface area contributed by atoms with Crippen LogP contribution in [-0.2, 0) is 32.6 Å². The van der Waals surface area contributed by atoms with Crippen LogP contribution in [0, 0.1) is 0 Å². The molecule has 0 heterocycles. The van der Waals surface area contributed by atoms with E-state index in [4.69, 9.17) is 34.8 Å².